The van der Waals surface area contributed by atoms with Crippen molar-refractivity contribution in [3.63, 3.8) is 0 Å². The van der Waals surface area contributed by atoms with Crippen LogP contribution in [0.15, 0.2) is 91.5 Å². The molecule has 0 aliphatic rings. The number of rotatable bonds is 9. The first-order valence-corrected chi connectivity index (χ1v) is 9.17. The molecule has 0 bridgehead atoms. The van der Waals surface area contributed by atoms with Gasteiger partial charge in [-0.3, -0.25) is 4.79 Å². The summed E-state index contributed by atoms with van der Waals surface area (Å²) in [6.07, 6.45) is 2.50. The van der Waals surface area contributed by atoms with Gasteiger partial charge in [0.25, 0.3) is 5.91 Å². The van der Waals surface area contributed by atoms with Crippen LogP contribution >= 0.6 is 0 Å². The Bertz CT molecular complexity index is 905. The molecule has 1 amide bonds. The lowest BCUT2D eigenvalue weighted by Crippen LogP contribution is -2.13. The second-order valence-corrected chi connectivity index (χ2v) is 6.16. The summed E-state index contributed by atoms with van der Waals surface area (Å²) < 4.78 is 11.3. The van der Waals surface area contributed by atoms with Gasteiger partial charge in [-0.1, -0.05) is 55.1 Å². The molecule has 28 heavy (non-hydrogen) atoms. The van der Waals surface area contributed by atoms with E-state index in [-0.39, 0.29) is 5.91 Å². The third-order valence-electron chi connectivity index (χ3n) is 4.11. The molecule has 0 spiro atoms. The van der Waals surface area contributed by atoms with Gasteiger partial charge >= 0.3 is 0 Å². The van der Waals surface area contributed by atoms with Crippen LogP contribution in [-0.2, 0) is 6.42 Å². The fraction of sp³-hybridized carbons (Fsp3) is 0.125. The fourth-order valence-electron chi connectivity index (χ4n) is 2.67. The second kappa shape index (κ2) is 9.97. The summed E-state index contributed by atoms with van der Waals surface area (Å²) in [4.78, 5) is 12.5. The number of hydrogen-bond acceptors (Lipinski definition) is 3. The fourth-order valence-corrected chi connectivity index (χ4v) is 2.67. The molecule has 0 aliphatic carbocycles. The van der Waals surface area contributed by atoms with Crippen LogP contribution in [0.25, 0.3) is 0 Å². The molecule has 4 heteroatoms. The minimum atomic E-state index is -0.203. The smallest absolute Gasteiger partial charge is 0.255 e. The summed E-state index contributed by atoms with van der Waals surface area (Å²) >= 11 is 0. The van der Waals surface area contributed by atoms with Gasteiger partial charge in [0, 0.05) is 12.0 Å². The number of anilines is 1. The number of carbonyl (C=O) groups excluding carboxylic acids is 1. The Hall–Kier alpha value is -3.53. The third kappa shape index (κ3) is 5.48. The average molecular weight is 373 g/mol. The predicted molar refractivity (Wildman–Crippen MR) is 112 cm³/mol. The molecule has 0 heterocycles. The molecule has 0 radical (unpaired) electrons. The second-order valence-electron chi connectivity index (χ2n) is 6.16. The van der Waals surface area contributed by atoms with Crippen molar-refractivity contribution in [1.82, 2.24) is 0 Å². The maximum absolute atomic E-state index is 12.5. The molecular weight excluding hydrogens is 350 g/mol. The molecule has 4 nitrogen and oxygen atoms in total. The summed E-state index contributed by atoms with van der Waals surface area (Å²) in [6, 6.07) is 24.6. The number of benzene rings is 3. The van der Waals surface area contributed by atoms with Crippen molar-refractivity contribution in [3.8, 4) is 11.5 Å². The van der Waals surface area contributed by atoms with Crippen LogP contribution < -0.4 is 14.8 Å². The van der Waals surface area contributed by atoms with Gasteiger partial charge < -0.3 is 14.8 Å². The van der Waals surface area contributed by atoms with E-state index < -0.39 is 0 Å². The average Bonchev–Trinajstić information content (AvgIpc) is 2.74. The van der Waals surface area contributed by atoms with Crippen molar-refractivity contribution < 1.29 is 14.3 Å². The van der Waals surface area contributed by atoms with Gasteiger partial charge in [-0.25, -0.2) is 0 Å². The summed E-state index contributed by atoms with van der Waals surface area (Å²) in [5.41, 5.74) is 2.40. The molecule has 3 aromatic carbocycles. The summed E-state index contributed by atoms with van der Waals surface area (Å²) in [5, 5.41) is 2.88. The molecule has 0 saturated heterocycles. The lowest BCUT2D eigenvalue weighted by molar-refractivity contribution is 0.102. The van der Waals surface area contributed by atoms with Gasteiger partial charge in [-0.15, -0.1) is 0 Å². The van der Waals surface area contributed by atoms with E-state index in [4.69, 9.17) is 9.47 Å². The largest absolute Gasteiger partial charge is 0.493 e. The molecule has 0 aromatic heterocycles. The lowest BCUT2D eigenvalue weighted by Gasteiger charge is -2.12. The maximum Gasteiger partial charge on any atom is 0.255 e. The SMILES string of the molecule is C=CCOc1ccccc1NC(=O)c1ccc(OCCc2ccccc2)cc1. The molecule has 0 fully saturated rings. The zero-order valence-corrected chi connectivity index (χ0v) is 15.6. The molecule has 0 atom stereocenters. The third-order valence-corrected chi connectivity index (χ3v) is 4.11. The van der Waals surface area contributed by atoms with E-state index in [0.717, 1.165) is 12.2 Å². The Balaban J connectivity index is 1.56. The van der Waals surface area contributed by atoms with Crippen LogP contribution in [0.2, 0.25) is 0 Å². The van der Waals surface area contributed by atoms with E-state index >= 15 is 0 Å². The first-order valence-electron chi connectivity index (χ1n) is 9.17. The van der Waals surface area contributed by atoms with E-state index in [1.165, 1.54) is 5.56 Å². The van der Waals surface area contributed by atoms with Crippen LogP contribution in [0.3, 0.4) is 0 Å². The normalized spacial score (nSPS) is 10.1. The van der Waals surface area contributed by atoms with Crippen molar-refractivity contribution in [3.05, 3.63) is 103 Å². The molecule has 1 N–H and O–H groups in total. The van der Waals surface area contributed by atoms with Crippen LogP contribution in [-0.4, -0.2) is 19.1 Å². The van der Waals surface area contributed by atoms with Crippen molar-refractivity contribution in [1.29, 1.82) is 0 Å². The topological polar surface area (TPSA) is 47.6 Å². The highest BCUT2D eigenvalue weighted by Crippen LogP contribution is 2.24. The van der Waals surface area contributed by atoms with Gasteiger partial charge in [-0.2, -0.15) is 0 Å². The Labute approximate surface area is 165 Å². The number of hydrogen-bond donors (Lipinski definition) is 1. The maximum atomic E-state index is 12.5. The summed E-state index contributed by atoms with van der Waals surface area (Å²) in [7, 11) is 0. The van der Waals surface area contributed by atoms with Gasteiger partial charge in [0.15, 0.2) is 0 Å². The van der Waals surface area contributed by atoms with Crippen molar-refractivity contribution in [2.75, 3.05) is 18.5 Å². The number of para-hydroxylation sites is 2. The molecule has 0 aliphatic heterocycles. The standard InChI is InChI=1S/C24H23NO3/c1-2-17-28-23-11-7-6-10-22(23)25-24(26)20-12-14-21(15-13-20)27-18-16-19-8-4-3-5-9-19/h2-15H,1,16-18H2,(H,25,26). The number of carbonyl (C=O) groups is 1. The van der Waals surface area contributed by atoms with Gasteiger partial charge in [-0.05, 0) is 42.0 Å². The Morgan fingerprint density at radius 3 is 2.36 bits per heavy atom. The quantitative estimate of drug-likeness (QED) is 0.529. The van der Waals surface area contributed by atoms with E-state index in [0.29, 0.717) is 30.2 Å². The zero-order valence-electron chi connectivity index (χ0n) is 15.6. The Kier molecular flexibility index (Phi) is 6.85. The van der Waals surface area contributed by atoms with Crippen LogP contribution in [0.4, 0.5) is 5.69 Å². The van der Waals surface area contributed by atoms with E-state index in [1.54, 1.807) is 36.4 Å². The minimum Gasteiger partial charge on any atom is -0.493 e. The van der Waals surface area contributed by atoms with Crippen molar-refractivity contribution in [2.24, 2.45) is 0 Å². The van der Waals surface area contributed by atoms with Crippen LogP contribution in [0, 0.1) is 0 Å². The summed E-state index contributed by atoms with van der Waals surface area (Å²) in [6.45, 7) is 4.60. The monoisotopic (exact) mass is 373 g/mol. The minimum absolute atomic E-state index is 0.203. The highest BCUT2D eigenvalue weighted by atomic mass is 16.5. The molecule has 0 saturated carbocycles. The lowest BCUT2D eigenvalue weighted by atomic mass is 10.1. The molecule has 3 rings (SSSR count). The van der Waals surface area contributed by atoms with Crippen LogP contribution in [0.5, 0.6) is 11.5 Å². The molecule has 0 unspecified atom stereocenters. The van der Waals surface area contributed by atoms with Gasteiger partial charge in [0.05, 0.1) is 12.3 Å². The van der Waals surface area contributed by atoms with E-state index in [9.17, 15) is 4.79 Å². The van der Waals surface area contributed by atoms with Crippen LogP contribution in [0.1, 0.15) is 15.9 Å². The molecular formula is C24H23NO3. The number of nitrogens with one attached hydrogen (secondary N) is 1. The first kappa shape index (κ1) is 19.2. The highest BCUT2D eigenvalue weighted by molar-refractivity contribution is 6.05. The Morgan fingerprint density at radius 1 is 0.893 bits per heavy atom. The van der Waals surface area contributed by atoms with E-state index in [1.807, 2.05) is 36.4 Å². The van der Waals surface area contributed by atoms with Crippen molar-refractivity contribution in [2.45, 2.75) is 6.42 Å². The predicted octanol–water partition coefficient (Wildman–Crippen LogP) is 5.13. The van der Waals surface area contributed by atoms with E-state index in [2.05, 4.69) is 24.0 Å². The summed E-state index contributed by atoms with van der Waals surface area (Å²) in [5.74, 6) is 1.14. The molecule has 142 valence electrons. The zero-order chi connectivity index (χ0) is 19.6. The van der Waals surface area contributed by atoms with Gasteiger partial charge in [0.1, 0.15) is 18.1 Å². The number of ether oxygens (including phenoxy) is 2. The molecule has 3 aromatic rings. The van der Waals surface area contributed by atoms with Gasteiger partial charge in [0.2, 0.25) is 0 Å². The first-order chi connectivity index (χ1) is 13.8. The highest BCUT2D eigenvalue weighted by Gasteiger charge is 2.10. The Morgan fingerprint density at radius 2 is 1.61 bits per heavy atom. The van der Waals surface area contributed by atoms with Crippen molar-refractivity contribution >= 4 is 11.6 Å². The number of amides is 1.